The van der Waals surface area contributed by atoms with Crippen LogP contribution in [0.3, 0.4) is 0 Å². The van der Waals surface area contributed by atoms with Gasteiger partial charge < -0.3 is 5.32 Å². The molecule has 0 radical (unpaired) electrons. The van der Waals surface area contributed by atoms with Gasteiger partial charge in [-0.15, -0.1) is 5.10 Å². The fourth-order valence-corrected chi connectivity index (χ4v) is 3.39. The Bertz CT molecular complexity index is 1420. The minimum absolute atomic E-state index is 0.0491. The van der Waals surface area contributed by atoms with E-state index in [9.17, 15) is 27.2 Å². The topological polar surface area (TPSA) is 94.7 Å². The molecular weight excluding hydrogens is 512 g/mol. The molecule has 0 saturated heterocycles. The second-order valence-corrected chi connectivity index (χ2v) is 7.88. The quantitative estimate of drug-likeness (QED) is 0.402. The van der Waals surface area contributed by atoms with Crippen molar-refractivity contribution in [2.45, 2.75) is 19.3 Å². The molecule has 33 heavy (non-hydrogen) atoms. The highest BCUT2D eigenvalue weighted by molar-refractivity contribution is 9.10. The molecule has 4 rings (SSSR count). The van der Waals surface area contributed by atoms with Crippen molar-refractivity contribution in [1.29, 1.82) is 0 Å². The number of hydrogen-bond acceptors (Lipinski definition) is 5. The van der Waals surface area contributed by atoms with Crippen molar-refractivity contribution in [1.82, 2.24) is 24.5 Å². The average molecular weight is 525 g/mol. The number of nitrogens with one attached hydrogen (secondary N) is 1. The molecule has 0 aliphatic carbocycles. The van der Waals surface area contributed by atoms with Crippen LogP contribution in [0.15, 0.2) is 58.1 Å². The van der Waals surface area contributed by atoms with Crippen LogP contribution in [0.1, 0.15) is 11.1 Å². The Hall–Kier alpha value is -3.61. The van der Waals surface area contributed by atoms with Crippen molar-refractivity contribution in [2.75, 3.05) is 5.32 Å². The van der Waals surface area contributed by atoms with Crippen molar-refractivity contribution < 1.29 is 22.4 Å². The van der Waals surface area contributed by atoms with Crippen molar-refractivity contribution >= 4 is 38.7 Å². The summed E-state index contributed by atoms with van der Waals surface area (Å²) in [6.45, 7) is -0.558. The van der Waals surface area contributed by atoms with E-state index in [1.165, 1.54) is 28.9 Å². The van der Waals surface area contributed by atoms with Crippen molar-refractivity contribution in [3.8, 4) is 0 Å². The van der Waals surface area contributed by atoms with Gasteiger partial charge in [-0.2, -0.15) is 13.2 Å². The Labute approximate surface area is 191 Å². The molecule has 0 saturated carbocycles. The molecule has 170 valence electrons. The Morgan fingerprint density at radius 2 is 1.94 bits per heavy atom. The number of hydrogen-bond donors (Lipinski definition) is 1. The first-order valence-corrected chi connectivity index (χ1v) is 10.1. The van der Waals surface area contributed by atoms with Gasteiger partial charge in [-0.05, 0) is 35.9 Å². The summed E-state index contributed by atoms with van der Waals surface area (Å²) in [5, 5.41) is 9.93. The van der Waals surface area contributed by atoms with Gasteiger partial charge in [-0.25, -0.2) is 14.1 Å². The van der Waals surface area contributed by atoms with Crippen molar-refractivity contribution in [3.05, 3.63) is 80.6 Å². The van der Waals surface area contributed by atoms with Gasteiger partial charge in [0, 0.05) is 4.47 Å². The number of carbonyl (C=O) groups is 1. The number of halogens is 5. The summed E-state index contributed by atoms with van der Waals surface area (Å²) >= 11 is 3.11. The van der Waals surface area contributed by atoms with Crippen LogP contribution in [-0.4, -0.2) is 30.5 Å². The molecular formula is C20H13BrF4N6O2. The lowest BCUT2D eigenvalue weighted by atomic mass is 10.1. The third-order valence-corrected chi connectivity index (χ3v) is 5.09. The number of amides is 1. The minimum Gasteiger partial charge on any atom is -0.322 e. The van der Waals surface area contributed by atoms with Gasteiger partial charge in [0.2, 0.25) is 5.91 Å². The zero-order chi connectivity index (χ0) is 23.8. The third-order valence-electron chi connectivity index (χ3n) is 4.60. The van der Waals surface area contributed by atoms with Gasteiger partial charge >= 0.3 is 6.18 Å². The van der Waals surface area contributed by atoms with Crippen LogP contribution < -0.4 is 10.9 Å². The molecule has 2 aromatic carbocycles. The fraction of sp³-hybridized carbons (Fsp3) is 0.150. The highest BCUT2D eigenvalue weighted by Gasteiger charge is 2.30. The molecule has 0 atom stereocenters. The van der Waals surface area contributed by atoms with E-state index < -0.39 is 35.6 Å². The first kappa shape index (κ1) is 22.6. The first-order chi connectivity index (χ1) is 15.6. The van der Waals surface area contributed by atoms with E-state index >= 15 is 0 Å². The zero-order valence-electron chi connectivity index (χ0n) is 16.5. The average Bonchev–Trinajstić information content (AvgIpc) is 3.15. The lowest BCUT2D eigenvalue weighted by Crippen LogP contribution is -2.28. The number of anilines is 1. The molecule has 1 amide bonds. The van der Waals surface area contributed by atoms with Crippen molar-refractivity contribution in [3.63, 3.8) is 0 Å². The van der Waals surface area contributed by atoms with Gasteiger partial charge in [0.05, 0.1) is 17.8 Å². The maximum absolute atomic E-state index is 13.9. The summed E-state index contributed by atoms with van der Waals surface area (Å²) in [5.41, 5.74) is -1.37. The SMILES string of the molecule is O=C(Cn1cnc2c(nnn2Cc2cccc(C(F)(F)F)c2)c1=O)Nc1ccc(Br)cc1F. The van der Waals surface area contributed by atoms with Gasteiger partial charge in [0.25, 0.3) is 5.56 Å². The molecule has 13 heteroatoms. The number of rotatable bonds is 5. The number of benzene rings is 2. The molecule has 4 aromatic rings. The molecule has 8 nitrogen and oxygen atoms in total. The number of alkyl halides is 3. The summed E-state index contributed by atoms with van der Waals surface area (Å²) < 4.78 is 55.4. The molecule has 0 bridgehead atoms. The van der Waals surface area contributed by atoms with E-state index in [0.717, 1.165) is 23.0 Å². The molecule has 0 spiro atoms. The van der Waals surface area contributed by atoms with E-state index in [1.807, 2.05) is 0 Å². The summed E-state index contributed by atoms with van der Waals surface area (Å²) in [7, 11) is 0. The molecule has 1 N–H and O–H groups in total. The van der Waals surface area contributed by atoms with Crippen molar-refractivity contribution in [2.24, 2.45) is 0 Å². The van der Waals surface area contributed by atoms with E-state index in [-0.39, 0.29) is 23.4 Å². The van der Waals surface area contributed by atoms with Crippen LogP contribution in [0.2, 0.25) is 0 Å². The monoisotopic (exact) mass is 524 g/mol. The second kappa shape index (κ2) is 8.73. The van der Waals surface area contributed by atoms with E-state index in [1.54, 1.807) is 6.07 Å². The predicted molar refractivity (Wildman–Crippen MR) is 113 cm³/mol. The Morgan fingerprint density at radius 1 is 1.15 bits per heavy atom. The standard InChI is InChI=1S/C20H13BrF4N6O2/c21-13-4-5-15(14(22)7-13)27-16(32)9-30-10-26-18-17(19(30)33)28-29-31(18)8-11-2-1-3-12(6-11)20(23,24)25/h1-7,10H,8-9H2,(H,27,32). The van der Waals surface area contributed by atoms with E-state index in [2.05, 4.69) is 36.5 Å². The fourth-order valence-electron chi connectivity index (χ4n) is 3.06. The maximum atomic E-state index is 13.9. The zero-order valence-corrected chi connectivity index (χ0v) is 18.1. The van der Waals surface area contributed by atoms with E-state index in [0.29, 0.717) is 10.0 Å². The lowest BCUT2D eigenvalue weighted by Gasteiger charge is -2.09. The number of nitrogens with zero attached hydrogens (tertiary/aromatic N) is 5. The van der Waals surface area contributed by atoms with E-state index in [4.69, 9.17) is 0 Å². The Morgan fingerprint density at radius 3 is 2.67 bits per heavy atom. The molecule has 0 aliphatic rings. The Kier molecular flexibility index (Phi) is 5.97. The molecule has 0 unspecified atom stereocenters. The first-order valence-electron chi connectivity index (χ1n) is 9.31. The van der Waals surface area contributed by atoms with Crippen LogP contribution in [0.25, 0.3) is 11.2 Å². The highest BCUT2D eigenvalue weighted by Crippen LogP contribution is 2.29. The van der Waals surface area contributed by atoms with Crippen LogP contribution in [0.4, 0.5) is 23.2 Å². The predicted octanol–water partition coefficient (Wildman–Crippen LogP) is 3.60. The lowest BCUT2D eigenvalue weighted by molar-refractivity contribution is -0.137. The highest BCUT2D eigenvalue weighted by atomic mass is 79.9. The summed E-state index contributed by atoms with van der Waals surface area (Å²) in [6.07, 6.45) is -3.40. The summed E-state index contributed by atoms with van der Waals surface area (Å²) in [4.78, 5) is 29.0. The molecule has 2 aromatic heterocycles. The maximum Gasteiger partial charge on any atom is 0.416 e. The molecule has 0 aliphatic heterocycles. The number of aromatic nitrogens is 5. The number of carbonyl (C=O) groups excluding carboxylic acids is 1. The van der Waals surface area contributed by atoms with Gasteiger partial charge in [-0.1, -0.05) is 33.3 Å². The molecule has 2 heterocycles. The Balaban J connectivity index is 1.55. The smallest absolute Gasteiger partial charge is 0.322 e. The van der Waals surface area contributed by atoms with Gasteiger partial charge in [0.15, 0.2) is 11.2 Å². The molecule has 0 fully saturated rings. The van der Waals surface area contributed by atoms with Gasteiger partial charge in [-0.3, -0.25) is 14.2 Å². The number of fused-ring (bicyclic) bond motifs is 1. The minimum atomic E-state index is -4.49. The third kappa shape index (κ3) is 4.92. The normalized spacial score (nSPS) is 11.7. The van der Waals surface area contributed by atoms with Gasteiger partial charge in [0.1, 0.15) is 18.7 Å². The van der Waals surface area contributed by atoms with Crippen LogP contribution in [0.5, 0.6) is 0 Å². The van der Waals surface area contributed by atoms with Crippen LogP contribution in [-0.2, 0) is 24.1 Å². The summed E-state index contributed by atoms with van der Waals surface area (Å²) in [6, 6.07) is 8.76. The van der Waals surface area contributed by atoms with Crippen LogP contribution >= 0.6 is 15.9 Å². The van der Waals surface area contributed by atoms with Crippen LogP contribution in [0, 0.1) is 5.82 Å². The largest absolute Gasteiger partial charge is 0.416 e. The second-order valence-electron chi connectivity index (χ2n) is 6.97. The summed E-state index contributed by atoms with van der Waals surface area (Å²) in [5.74, 6) is -1.33.